The van der Waals surface area contributed by atoms with Crippen LogP contribution in [0.3, 0.4) is 0 Å². The van der Waals surface area contributed by atoms with E-state index in [4.69, 9.17) is 9.47 Å². The van der Waals surface area contributed by atoms with Gasteiger partial charge in [0.05, 0.1) is 18.4 Å². The van der Waals surface area contributed by atoms with Gasteiger partial charge in [-0.25, -0.2) is 4.79 Å². The van der Waals surface area contributed by atoms with Gasteiger partial charge >= 0.3 is 5.97 Å². The van der Waals surface area contributed by atoms with Crippen LogP contribution in [0, 0.1) is 22.7 Å². The third kappa shape index (κ3) is 5.14. The summed E-state index contributed by atoms with van der Waals surface area (Å²) in [5, 5.41) is 12.6. The van der Waals surface area contributed by atoms with Crippen LogP contribution in [-0.2, 0) is 9.47 Å². The van der Waals surface area contributed by atoms with Crippen LogP contribution in [-0.4, -0.2) is 36.2 Å². The van der Waals surface area contributed by atoms with E-state index >= 15 is 0 Å². The largest absolute Gasteiger partial charge is 0.462 e. The second-order valence-electron chi connectivity index (χ2n) is 9.76. The lowest BCUT2D eigenvalue weighted by molar-refractivity contribution is 0.0526. The van der Waals surface area contributed by atoms with Crippen LogP contribution >= 0.6 is 0 Å². The van der Waals surface area contributed by atoms with Gasteiger partial charge in [0.25, 0.3) is 0 Å². The molecule has 0 radical (unpaired) electrons. The standard InChI is InChI=1S/C27H33NO4/c1-6-31-24(29)21-11-9-20(10-12-21)8-7-17-32-27(19-28-30)14-13-22-23(18-27)26(4,5)16-15-25(22,2)3/h9-14,19,30H,6,15-18H2,1-5H3. The number of ether oxygens (including phenoxy) is 2. The minimum atomic E-state index is -0.819. The van der Waals surface area contributed by atoms with E-state index in [0.717, 1.165) is 18.4 Å². The summed E-state index contributed by atoms with van der Waals surface area (Å²) in [6.45, 7) is 11.4. The Hall–Kier alpha value is -2.84. The molecule has 1 aromatic rings. The average Bonchev–Trinajstić information content (AvgIpc) is 2.75. The van der Waals surface area contributed by atoms with Crippen LogP contribution in [0.4, 0.5) is 0 Å². The predicted molar refractivity (Wildman–Crippen MR) is 126 cm³/mol. The van der Waals surface area contributed by atoms with Gasteiger partial charge in [0.1, 0.15) is 12.2 Å². The maximum absolute atomic E-state index is 11.8. The number of nitrogens with zero attached hydrogens (tertiary/aromatic N) is 1. The van der Waals surface area contributed by atoms with Crippen LogP contribution < -0.4 is 0 Å². The topological polar surface area (TPSA) is 68.1 Å². The number of esters is 1. The van der Waals surface area contributed by atoms with Crippen molar-refractivity contribution in [3.05, 3.63) is 58.7 Å². The quantitative estimate of drug-likeness (QED) is 0.217. The first-order valence-electron chi connectivity index (χ1n) is 11.1. The van der Waals surface area contributed by atoms with Gasteiger partial charge in [-0.15, -0.1) is 0 Å². The maximum Gasteiger partial charge on any atom is 0.338 e. The number of carbonyl (C=O) groups is 1. The number of allylic oxidation sites excluding steroid dienone is 2. The Labute approximate surface area is 191 Å². The Kier molecular flexibility index (Phi) is 6.95. The van der Waals surface area contributed by atoms with Crippen molar-refractivity contribution in [2.45, 2.75) is 59.5 Å². The molecular weight excluding hydrogens is 402 g/mol. The molecule has 5 nitrogen and oxygen atoms in total. The molecule has 0 amide bonds. The molecule has 170 valence electrons. The highest BCUT2D eigenvalue weighted by Gasteiger charge is 2.44. The van der Waals surface area contributed by atoms with Crippen LogP contribution in [0.25, 0.3) is 0 Å². The number of rotatable bonds is 5. The highest BCUT2D eigenvalue weighted by Crippen LogP contribution is 2.53. The first kappa shape index (κ1) is 23.8. The minimum absolute atomic E-state index is 0.0693. The molecule has 0 spiro atoms. The van der Waals surface area contributed by atoms with Crippen LogP contribution in [0.1, 0.15) is 69.8 Å². The van der Waals surface area contributed by atoms with Crippen molar-refractivity contribution in [1.29, 1.82) is 0 Å². The zero-order chi connectivity index (χ0) is 23.4. The number of carbonyl (C=O) groups excluding carboxylic acids is 1. The summed E-state index contributed by atoms with van der Waals surface area (Å²) < 4.78 is 11.2. The van der Waals surface area contributed by atoms with Gasteiger partial charge in [-0.3, -0.25) is 0 Å². The molecule has 0 fully saturated rings. The molecule has 2 aliphatic rings. The molecule has 1 N–H and O–H groups in total. The Morgan fingerprint density at radius 1 is 1.16 bits per heavy atom. The fourth-order valence-electron chi connectivity index (χ4n) is 4.44. The smallest absolute Gasteiger partial charge is 0.338 e. The molecule has 1 unspecified atom stereocenters. The molecule has 1 atom stereocenters. The fraction of sp³-hybridized carbons (Fsp3) is 0.481. The first-order chi connectivity index (χ1) is 15.1. The summed E-state index contributed by atoms with van der Waals surface area (Å²) in [6.07, 6.45) is 8.50. The zero-order valence-electron chi connectivity index (χ0n) is 19.7. The fourth-order valence-corrected chi connectivity index (χ4v) is 4.44. The molecule has 32 heavy (non-hydrogen) atoms. The first-order valence-corrected chi connectivity index (χ1v) is 11.1. The van der Waals surface area contributed by atoms with Crippen molar-refractivity contribution >= 4 is 12.2 Å². The van der Waals surface area contributed by atoms with Gasteiger partial charge in [0.15, 0.2) is 0 Å². The van der Waals surface area contributed by atoms with Gasteiger partial charge < -0.3 is 14.7 Å². The van der Waals surface area contributed by atoms with E-state index in [-0.39, 0.29) is 23.4 Å². The molecule has 3 rings (SSSR count). The second kappa shape index (κ2) is 9.34. The van der Waals surface area contributed by atoms with E-state index in [9.17, 15) is 10.0 Å². The SMILES string of the molecule is CCOC(=O)c1ccc(C#CCOC2(C=NO)C=CC3=C(C2)C(C)(C)CCC3(C)C)cc1. The Bertz CT molecular complexity index is 1000. The summed E-state index contributed by atoms with van der Waals surface area (Å²) in [5.41, 5.74) is 3.39. The Morgan fingerprint density at radius 2 is 1.84 bits per heavy atom. The molecule has 5 heteroatoms. The Balaban J connectivity index is 1.72. The molecule has 2 aliphatic carbocycles. The van der Waals surface area contributed by atoms with Gasteiger partial charge in [0, 0.05) is 12.0 Å². The molecular formula is C27H33NO4. The van der Waals surface area contributed by atoms with E-state index in [1.54, 1.807) is 31.2 Å². The van der Waals surface area contributed by atoms with Crippen LogP contribution in [0.15, 0.2) is 52.7 Å². The highest BCUT2D eigenvalue weighted by molar-refractivity contribution is 5.89. The summed E-state index contributed by atoms with van der Waals surface area (Å²) in [5.74, 6) is 5.75. The van der Waals surface area contributed by atoms with E-state index < -0.39 is 5.60 Å². The van der Waals surface area contributed by atoms with Crippen molar-refractivity contribution in [3.8, 4) is 11.8 Å². The van der Waals surface area contributed by atoms with Crippen LogP contribution in [0.5, 0.6) is 0 Å². The molecule has 0 saturated carbocycles. The number of hydrogen-bond donors (Lipinski definition) is 1. The van der Waals surface area contributed by atoms with Crippen molar-refractivity contribution in [1.82, 2.24) is 0 Å². The summed E-state index contributed by atoms with van der Waals surface area (Å²) in [7, 11) is 0. The molecule has 0 aliphatic heterocycles. The van der Waals surface area contributed by atoms with Gasteiger partial charge in [0.2, 0.25) is 0 Å². The van der Waals surface area contributed by atoms with Crippen molar-refractivity contribution < 1.29 is 19.5 Å². The maximum atomic E-state index is 11.8. The molecule has 0 heterocycles. The van der Waals surface area contributed by atoms with Crippen molar-refractivity contribution in [2.24, 2.45) is 16.0 Å². The van der Waals surface area contributed by atoms with Gasteiger partial charge in [-0.05, 0) is 66.5 Å². The van der Waals surface area contributed by atoms with Gasteiger partial charge in [-0.1, -0.05) is 56.3 Å². The van der Waals surface area contributed by atoms with E-state index in [1.807, 2.05) is 6.08 Å². The van der Waals surface area contributed by atoms with Crippen LogP contribution in [0.2, 0.25) is 0 Å². The number of benzene rings is 1. The monoisotopic (exact) mass is 435 g/mol. The van der Waals surface area contributed by atoms with E-state index in [2.05, 4.69) is 50.8 Å². The normalized spacial score (nSPS) is 23.4. The minimum Gasteiger partial charge on any atom is -0.462 e. The third-order valence-corrected chi connectivity index (χ3v) is 6.55. The third-order valence-electron chi connectivity index (χ3n) is 6.55. The lowest BCUT2D eigenvalue weighted by Crippen LogP contribution is -2.41. The Morgan fingerprint density at radius 3 is 2.50 bits per heavy atom. The molecule has 1 aromatic carbocycles. The highest BCUT2D eigenvalue weighted by atomic mass is 16.5. The summed E-state index contributed by atoms with van der Waals surface area (Å²) >= 11 is 0. The zero-order valence-corrected chi connectivity index (χ0v) is 19.7. The van der Waals surface area contributed by atoms with Crippen molar-refractivity contribution in [3.63, 3.8) is 0 Å². The predicted octanol–water partition coefficient (Wildman–Crippen LogP) is 5.53. The van der Waals surface area contributed by atoms with Gasteiger partial charge in [-0.2, -0.15) is 0 Å². The lowest BCUT2D eigenvalue weighted by Gasteiger charge is -2.47. The second-order valence-corrected chi connectivity index (χ2v) is 9.76. The molecule has 0 saturated heterocycles. The van der Waals surface area contributed by atoms with E-state index in [1.165, 1.54) is 17.4 Å². The summed E-state index contributed by atoms with van der Waals surface area (Å²) in [4.78, 5) is 11.8. The summed E-state index contributed by atoms with van der Waals surface area (Å²) in [6, 6.07) is 6.98. The van der Waals surface area contributed by atoms with E-state index in [0.29, 0.717) is 18.6 Å². The number of hydrogen-bond acceptors (Lipinski definition) is 5. The van der Waals surface area contributed by atoms with Crippen molar-refractivity contribution in [2.75, 3.05) is 13.2 Å². The molecule has 0 aromatic heterocycles. The number of oxime groups is 1. The lowest BCUT2D eigenvalue weighted by atomic mass is 9.59. The average molecular weight is 436 g/mol. The molecule has 0 bridgehead atoms.